The van der Waals surface area contributed by atoms with Crippen LogP contribution in [-0.4, -0.2) is 49.7 Å². The molecule has 1 aromatic carbocycles. The van der Waals surface area contributed by atoms with Gasteiger partial charge in [-0.05, 0) is 18.2 Å². The monoisotopic (exact) mass is 333 g/mol. The maximum Gasteiger partial charge on any atom is 0.225 e. The number of ether oxygens (including phenoxy) is 1. The third kappa shape index (κ3) is 6.20. The van der Waals surface area contributed by atoms with Gasteiger partial charge in [0.25, 0.3) is 0 Å². The fourth-order valence-electron chi connectivity index (χ4n) is 2.18. The molecule has 3 N–H and O–H groups in total. The minimum atomic E-state index is -0.0111. The molecule has 1 heterocycles. The summed E-state index contributed by atoms with van der Waals surface area (Å²) in [5, 5.41) is 3.45. The third-order valence-corrected chi connectivity index (χ3v) is 3.48. The van der Waals surface area contributed by atoms with Crippen molar-refractivity contribution in [2.24, 2.45) is 5.73 Å². The van der Waals surface area contributed by atoms with E-state index in [4.69, 9.17) is 22.1 Å². The van der Waals surface area contributed by atoms with Crippen LogP contribution >= 0.6 is 24.0 Å². The number of nitrogens with one attached hydrogen (secondary N) is 1. The highest BCUT2D eigenvalue weighted by atomic mass is 35.5. The van der Waals surface area contributed by atoms with Crippen LogP contribution in [-0.2, 0) is 9.53 Å². The molecule has 118 valence electrons. The van der Waals surface area contributed by atoms with Crippen LogP contribution in [0.1, 0.15) is 6.42 Å². The largest absolute Gasteiger partial charge is 0.374 e. The molecule has 1 unspecified atom stereocenters. The molecule has 0 bridgehead atoms. The lowest BCUT2D eigenvalue weighted by Gasteiger charge is -2.32. The molecule has 0 aromatic heterocycles. The molecule has 2 rings (SSSR count). The Balaban J connectivity index is 0.00000220. The zero-order valence-electron chi connectivity index (χ0n) is 11.8. The minimum Gasteiger partial charge on any atom is -0.374 e. The van der Waals surface area contributed by atoms with Crippen LogP contribution < -0.4 is 11.1 Å². The Morgan fingerprint density at radius 1 is 1.52 bits per heavy atom. The maximum atomic E-state index is 11.9. The first-order valence-electron chi connectivity index (χ1n) is 6.77. The van der Waals surface area contributed by atoms with E-state index in [-0.39, 0.29) is 24.4 Å². The fraction of sp³-hybridized carbons (Fsp3) is 0.500. The number of halogens is 2. The van der Waals surface area contributed by atoms with Gasteiger partial charge in [0.05, 0.1) is 12.7 Å². The number of anilines is 1. The Labute approximate surface area is 136 Å². The van der Waals surface area contributed by atoms with Crippen molar-refractivity contribution in [3.05, 3.63) is 29.3 Å². The van der Waals surface area contributed by atoms with Crippen molar-refractivity contribution in [1.82, 2.24) is 4.90 Å². The Bertz CT molecular complexity index is 460. The van der Waals surface area contributed by atoms with E-state index >= 15 is 0 Å². The molecule has 7 heteroatoms. The first kappa shape index (κ1) is 18.2. The fourth-order valence-corrected chi connectivity index (χ4v) is 2.37. The van der Waals surface area contributed by atoms with Crippen molar-refractivity contribution >= 4 is 35.6 Å². The summed E-state index contributed by atoms with van der Waals surface area (Å²) in [6.45, 7) is 3.55. The van der Waals surface area contributed by atoms with Crippen LogP contribution in [0.4, 0.5) is 5.69 Å². The van der Waals surface area contributed by atoms with Crippen LogP contribution in [0.5, 0.6) is 0 Å². The minimum absolute atomic E-state index is 0. The third-order valence-electron chi connectivity index (χ3n) is 3.25. The Kier molecular flexibility index (Phi) is 8.00. The molecule has 1 atom stereocenters. The average molecular weight is 334 g/mol. The number of nitrogens with zero attached hydrogens (tertiary/aromatic N) is 1. The van der Waals surface area contributed by atoms with Gasteiger partial charge in [0.2, 0.25) is 5.91 Å². The van der Waals surface area contributed by atoms with Gasteiger partial charge in [-0.1, -0.05) is 17.7 Å². The summed E-state index contributed by atoms with van der Waals surface area (Å²) in [6.07, 6.45) is 0.531. The molecule has 1 saturated heterocycles. The van der Waals surface area contributed by atoms with Crippen molar-refractivity contribution in [1.29, 1.82) is 0 Å². The average Bonchev–Trinajstić information content (AvgIpc) is 2.45. The highest BCUT2D eigenvalue weighted by Crippen LogP contribution is 2.15. The standard InChI is InChI=1S/C14H20ClN3O2.ClH/c15-11-2-1-3-12(8-11)17-14(19)4-5-18-6-7-20-13(9-16)10-18;/h1-3,8,13H,4-7,9-10,16H2,(H,17,19);1H. The van der Waals surface area contributed by atoms with Crippen molar-refractivity contribution in [3.8, 4) is 0 Å². The first-order valence-corrected chi connectivity index (χ1v) is 7.14. The SMILES string of the molecule is Cl.NCC1CN(CCC(=O)Nc2cccc(Cl)c2)CCO1. The van der Waals surface area contributed by atoms with Gasteiger partial charge in [0.1, 0.15) is 0 Å². The molecule has 0 aliphatic carbocycles. The molecular weight excluding hydrogens is 313 g/mol. The molecule has 1 amide bonds. The van der Waals surface area contributed by atoms with Gasteiger partial charge in [0, 0.05) is 43.3 Å². The quantitative estimate of drug-likeness (QED) is 0.861. The molecule has 1 fully saturated rings. The van der Waals surface area contributed by atoms with Gasteiger partial charge < -0.3 is 15.8 Å². The number of carbonyl (C=O) groups excluding carboxylic acids is 1. The second kappa shape index (κ2) is 9.23. The van der Waals surface area contributed by atoms with E-state index in [9.17, 15) is 4.79 Å². The van der Waals surface area contributed by atoms with Crippen LogP contribution in [0.2, 0.25) is 5.02 Å². The number of rotatable bonds is 5. The summed E-state index contributed by atoms with van der Waals surface area (Å²) in [5.74, 6) is -0.0111. The smallest absolute Gasteiger partial charge is 0.225 e. The molecule has 0 spiro atoms. The molecule has 5 nitrogen and oxygen atoms in total. The normalized spacial score (nSPS) is 18.9. The summed E-state index contributed by atoms with van der Waals surface area (Å²) >= 11 is 5.87. The highest BCUT2D eigenvalue weighted by molar-refractivity contribution is 6.30. The number of nitrogens with two attached hydrogens (primary N) is 1. The van der Waals surface area contributed by atoms with Gasteiger partial charge in [-0.25, -0.2) is 0 Å². The van der Waals surface area contributed by atoms with E-state index in [0.29, 0.717) is 31.1 Å². The molecule has 1 aliphatic rings. The summed E-state index contributed by atoms with van der Waals surface area (Å²) < 4.78 is 5.49. The number of carbonyl (C=O) groups is 1. The van der Waals surface area contributed by atoms with Crippen molar-refractivity contribution in [2.45, 2.75) is 12.5 Å². The number of amides is 1. The van der Waals surface area contributed by atoms with Crippen LogP contribution in [0.3, 0.4) is 0 Å². The Morgan fingerprint density at radius 2 is 2.33 bits per heavy atom. The summed E-state index contributed by atoms with van der Waals surface area (Å²) in [6, 6.07) is 7.14. The van der Waals surface area contributed by atoms with Crippen LogP contribution in [0, 0.1) is 0 Å². The van der Waals surface area contributed by atoms with Gasteiger partial charge in [-0.15, -0.1) is 12.4 Å². The van der Waals surface area contributed by atoms with Crippen molar-refractivity contribution < 1.29 is 9.53 Å². The number of morpholine rings is 1. The van der Waals surface area contributed by atoms with E-state index in [2.05, 4.69) is 10.2 Å². The van der Waals surface area contributed by atoms with Gasteiger partial charge in [0.15, 0.2) is 0 Å². The highest BCUT2D eigenvalue weighted by Gasteiger charge is 2.19. The Morgan fingerprint density at radius 3 is 3.05 bits per heavy atom. The number of hydrogen-bond donors (Lipinski definition) is 2. The molecule has 0 saturated carbocycles. The summed E-state index contributed by atoms with van der Waals surface area (Å²) in [7, 11) is 0. The summed E-state index contributed by atoms with van der Waals surface area (Å²) in [4.78, 5) is 14.1. The number of hydrogen-bond acceptors (Lipinski definition) is 4. The second-order valence-electron chi connectivity index (χ2n) is 4.84. The van der Waals surface area contributed by atoms with Gasteiger partial charge >= 0.3 is 0 Å². The Hall–Kier alpha value is -0.850. The van der Waals surface area contributed by atoms with Crippen LogP contribution in [0.15, 0.2) is 24.3 Å². The van der Waals surface area contributed by atoms with E-state index in [1.54, 1.807) is 12.1 Å². The van der Waals surface area contributed by atoms with E-state index in [1.807, 2.05) is 12.1 Å². The van der Waals surface area contributed by atoms with Gasteiger partial charge in [-0.2, -0.15) is 0 Å². The lowest BCUT2D eigenvalue weighted by atomic mass is 10.2. The summed E-state index contributed by atoms with van der Waals surface area (Å²) in [5.41, 5.74) is 6.32. The lowest BCUT2D eigenvalue weighted by molar-refractivity contribution is -0.117. The predicted octanol–water partition coefficient (Wildman–Crippen LogP) is 1.75. The zero-order chi connectivity index (χ0) is 14.4. The van der Waals surface area contributed by atoms with Crippen molar-refractivity contribution in [2.75, 3.05) is 38.1 Å². The maximum absolute atomic E-state index is 11.9. The van der Waals surface area contributed by atoms with Crippen molar-refractivity contribution in [3.63, 3.8) is 0 Å². The zero-order valence-corrected chi connectivity index (χ0v) is 13.3. The molecule has 21 heavy (non-hydrogen) atoms. The number of benzene rings is 1. The molecule has 1 aliphatic heterocycles. The van der Waals surface area contributed by atoms with Crippen LogP contribution in [0.25, 0.3) is 0 Å². The molecule has 1 aromatic rings. The van der Waals surface area contributed by atoms with Gasteiger partial charge in [-0.3, -0.25) is 9.69 Å². The predicted molar refractivity (Wildman–Crippen MR) is 87.2 cm³/mol. The second-order valence-corrected chi connectivity index (χ2v) is 5.27. The van der Waals surface area contributed by atoms with E-state index < -0.39 is 0 Å². The molecular formula is C14H21Cl2N3O2. The topological polar surface area (TPSA) is 67.6 Å². The van der Waals surface area contributed by atoms with E-state index in [0.717, 1.165) is 18.8 Å². The first-order chi connectivity index (χ1) is 9.67. The van der Waals surface area contributed by atoms with E-state index in [1.165, 1.54) is 0 Å². The lowest BCUT2D eigenvalue weighted by Crippen LogP contribution is -2.46. The molecule has 0 radical (unpaired) electrons.